The molecule has 4 aromatic rings. The summed E-state index contributed by atoms with van der Waals surface area (Å²) >= 11 is 0. The van der Waals surface area contributed by atoms with Crippen LogP contribution in [0.25, 0.3) is 16.5 Å². The molecule has 0 bridgehead atoms. The van der Waals surface area contributed by atoms with Gasteiger partial charge in [-0.3, -0.25) is 4.79 Å². The smallest absolute Gasteiger partial charge is 0.271 e. The van der Waals surface area contributed by atoms with Crippen LogP contribution in [0.15, 0.2) is 77.9 Å². The van der Waals surface area contributed by atoms with Crippen molar-refractivity contribution in [1.82, 2.24) is 9.99 Å². The fraction of sp³-hybridized carbons (Fsp3) is 0.120. The Hall–Kier alpha value is -3.86. The normalized spacial score (nSPS) is 11.2. The van der Waals surface area contributed by atoms with Crippen LogP contribution in [0.1, 0.15) is 27.3 Å². The average molecular weight is 397 g/mol. The van der Waals surface area contributed by atoms with Crippen molar-refractivity contribution in [2.45, 2.75) is 13.8 Å². The molecule has 0 aliphatic carbocycles. The van der Waals surface area contributed by atoms with Crippen LogP contribution in [-0.4, -0.2) is 23.8 Å². The second kappa shape index (κ2) is 8.25. The van der Waals surface area contributed by atoms with Gasteiger partial charge in [-0.2, -0.15) is 5.10 Å². The summed E-state index contributed by atoms with van der Waals surface area (Å²) < 4.78 is 7.39. The topological polar surface area (TPSA) is 55.6 Å². The van der Waals surface area contributed by atoms with E-state index in [4.69, 9.17) is 4.74 Å². The molecule has 3 aromatic carbocycles. The highest BCUT2D eigenvalue weighted by atomic mass is 16.5. The zero-order chi connectivity index (χ0) is 21.1. The largest absolute Gasteiger partial charge is 0.497 e. The number of hydrazone groups is 1. The Kier molecular flexibility index (Phi) is 5.35. The first kappa shape index (κ1) is 19.5. The molecule has 150 valence electrons. The molecule has 4 rings (SSSR count). The molecule has 30 heavy (non-hydrogen) atoms. The lowest BCUT2D eigenvalue weighted by Crippen LogP contribution is -2.18. The summed E-state index contributed by atoms with van der Waals surface area (Å²) in [6.45, 7) is 4.08. The number of ether oxygens (including phenoxy) is 1. The second-order valence-electron chi connectivity index (χ2n) is 7.09. The van der Waals surface area contributed by atoms with Crippen LogP contribution in [0, 0.1) is 13.8 Å². The fourth-order valence-electron chi connectivity index (χ4n) is 3.69. The summed E-state index contributed by atoms with van der Waals surface area (Å²) in [5, 5.41) is 6.14. The molecule has 0 aliphatic rings. The number of aromatic nitrogens is 1. The SMILES string of the molecule is COc1ccc(-n2c(C)cc(/C=N\NC(=O)c3cccc4ccccc34)c2C)cc1. The van der Waals surface area contributed by atoms with Crippen molar-refractivity contribution >= 4 is 22.9 Å². The maximum Gasteiger partial charge on any atom is 0.271 e. The van der Waals surface area contributed by atoms with Crippen molar-refractivity contribution in [3.05, 3.63) is 95.3 Å². The Balaban J connectivity index is 1.55. The van der Waals surface area contributed by atoms with Crippen LogP contribution >= 0.6 is 0 Å². The van der Waals surface area contributed by atoms with Gasteiger partial charge in [-0.15, -0.1) is 0 Å². The van der Waals surface area contributed by atoms with Crippen molar-refractivity contribution in [2.24, 2.45) is 5.10 Å². The van der Waals surface area contributed by atoms with Crippen molar-refractivity contribution in [3.8, 4) is 11.4 Å². The van der Waals surface area contributed by atoms with Crippen molar-refractivity contribution < 1.29 is 9.53 Å². The zero-order valence-electron chi connectivity index (χ0n) is 17.2. The Labute approximate surface area is 175 Å². The molecule has 0 radical (unpaired) electrons. The van der Waals surface area contributed by atoms with Gasteiger partial charge in [0.25, 0.3) is 5.91 Å². The summed E-state index contributed by atoms with van der Waals surface area (Å²) in [4.78, 5) is 12.6. The Morgan fingerprint density at radius 1 is 1.00 bits per heavy atom. The Bertz CT molecular complexity index is 1230. The van der Waals surface area contributed by atoms with E-state index in [2.05, 4.69) is 15.1 Å². The number of aryl methyl sites for hydroxylation is 1. The van der Waals surface area contributed by atoms with E-state index in [0.717, 1.165) is 39.2 Å². The molecule has 0 saturated carbocycles. The first-order chi connectivity index (χ1) is 14.6. The molecule has 0 saturated heterocycles. The van der Waals surface area contributed by atoms with E-state index in [1.54, 1.807) is 13.3 Å². The zero-order valence-corrected chi connectivity index (χ0v) is 17.2. The van der Waals surface area contributed by atoms with Gasteiger partial charge in [-0.05, 0) is 61.0 Å². The molecule has 5 nitrogen and oxygen atoms in total. The molecule has 0 aliphatic heterocycles. The molecular formula is C25H23N3O2. The van der Waals surface area contributed by atoms with Gasteiger partial charge in [-0.25, -0.2) is 5.43 Å². The Morgan fingerprint density at radius 3 is 2.50 bits per heavy atom. The van der Waals surface area contributed by atoms with Gasteiger partial charge >= 0.3 is 0 Å². The number of nitrogens with zero attached hydrogens (tertiary/aromatic N) is 2. The van der Waals surface area contributed by atoms with Crippen molar-refractivity contribution in [2.75, 3.05) is 7.11 Å². The molecule has 0 spiro atoms. The number of rotatable bonds is 5. The fourth-order valence-corrected chi connectivity index (χ4v) is 3.69. The van der Waals surface area contributed by atoms with Gasteiger partial charge in [0, 0.05) is 28.2 Å². The number of amides is 1. The third-order valence-electron chi connectivity index (χ3n) is 5.20. The minimum Gasteiger partial charge on any atom is -0.497 e. The number of carbonyl (C=O) groups is 1. The number of methoxy groups -OCH3 is 1. The van der Waals surface area contributed by atoms with Crippen LogP contribution in [-0.2, 0) is 0 Å². The van der Waals surface area contributed by atoms with Gasteiger partial charge in [0.15, 0.2) is 0 Å². The third kappa shape index (κ3) is 3.70. The van der Waals surface area contributed by atoms with E-state index < -0.39 is 0 Å². The molecule has 1 heterocycles. The van der Waals surface area contributed by atoms with E-state index in [0.29, 0.717) is 5.56 Å². The highest BCUT2D eigenvalue weighted by Crippen LogP contribution is 2.22. The second-order valence-corrected chi connectivity index (χ2v) is 7.09. The third-order valence-corrected chi connectivity index (χ3v) is 5.20. The number of nitrogens with one attached hydrogen (secondary N) is 1. The number of hydrogen-bond donors (Lipinski definition) is 1. The van der Waals surface area contributed by atoms with Gasteiger partial charge in [0.2, 0.25) is 0 Å². The molecule has 5 heteroatoms. The monoisotopic (exact) mass is 397 g/mol. The number of fused-ring (bicyclic) bond motifs is 1. The molecule has 0 atom stereocenters. The predicted octanol–water partition coefficient (Wildman–Crippen LogP) is 5.02. The van der Waals surface area contributed by atoms with E-state index in [1.807, 2.05) is 86.6 Å². The van der Waals surface area contributed by atoms with E-state index >= 15 is 0 Å². The van der Waals surface area contributed by atoms with E-state index in [-0.39, 0.29) is 5.91 Å². The molecule has 1 N–H and O–H groups in total. The minimum absolute atomic E-state index is 0.230. The summed E-state index contributed by atoms with van der Waals surface area (Å²) in [5.41, 5.74) is 7.38. The standard InChI is InChI=1S/C25H23N3O2/c1-17-15-20(18(2)28(17)21-11-13-22(30-3)14-12-21)16-26-27-25(29)24-10-6-8-19-7-4-5-9-23(19)24/h4-16H,1-3H3,(H,27,29)/b26-16-. The average Bonchev–Trinajstić information content (AvgIpc) is 3.06. The molecule has 0 unspecified atom stereocenters. The lowest BCUT2D eigenvalue weighted by Gasteiger charge is -2.10. The lowest BCUT2D eigenvalue weighted by atomic mass is 10.0. The Morgan fingerprint density at radius 2 is 1.73 bits per heavy atom. The molecule has 1 amide bonds. The van der Waals surface area contributed by atoms with Crippen LogP contribution in [0.5, 0.6) is 5.75 Å². The summed E-state index contributed by atoms with van der Waals surface area (Å²) in [6, 6.07) is 23.4. The quantitative estimate of drug-likeness (QED) is 0.380. The first-order valence-corrected chi connectivity index (χ1v) is 9.73. The highest BCUT2D eigenvalue weighted by molar-refractivity contribution is 6.07. The summed E-state index contributed by atoms with van der Waals surface area (Å²) in [5.74, 6) is 0.589. The minimum atomic E-state index is -0.230. The molecular weight excluding hydrogens is 374 g/mol. The van der Waals surface area contributed by atoms with E-state index in [1.165, 1.54) is 0 Å². The predicted molar refractivity (Wildman–Crippen MR) is 121 cm³/mol. The van der Waals surface area contributed by atoms with Gasteiger partial charge < -0.3 is 9.30 Å². The maximum absolute atomic E-state index is 12.6. The van der Waals surface area contributed by atoms with Crippen molar-refractivity contribution in [3.63, 3.8) is 0 Å². The lowest BCUT2D eigenvalue weighted by molar-refractivity contribution is 0.0957. The van der Waals surface area contributed by atoms with Crippen molar-refractivity contribution in [1.29, 1.82) is 0 Å². The van der Waals surface area contributed by atoms with Gasteiger partial charge in [0.05, 0.1) is 13.3 Å². The molecule has 0 fully saturated rings. The summed E-state index contributed by atoms with van der Waals surface area (Å²) in [7, 11) is 1.66. The van der Waals surface area contributed by atoms with E-state index in [9.17, 15) is 4.79 Å². The van der Waals surface area contributed by atoms with Crippen LogP contribution in [0.3, 0.4) is 0 Å². The maximum atomic E-state index is 12.6. The van der Waals surface area contributed by atoms with Gasteiger partial charge in [-0.1, -0.05) is 36.4 Å². The summed E-state index contributed by atoms with van der Waals surface area (Å²) in [6.07, 6.45) is 1.69. The first-order valence-electron chi connectivity index (χ1n) is 9.73. The van der Waals surface area contributed by atoms with Crippen LogP contribution in [0.4, 0.5) is 0 Å². The highest BCUT2D eigenvalue weighted by Gasteiger charge is 2.11. The number of carbonyl (C=O) groups excluding carboxylic acids is 1. The molecule has 1 aromatic heterocycles. The van der Waals surface area contributed by atoms with Gasteiger partial charge in [0.1, 0.15) is 5.75 Å². The number of benzene rings is 3. The van der Waals surface area contributed by atoms with Crippen LogP contribution in [0.2, 0.25) is 0 Å². The number of hydrogen-bond acceptors (Lipinski definition) is 3. The van der Waals surface area contributed by atoms with Crippen LogP contribution < -0.4 is 10.2 Å².